The Morgan fingerprint density at radius 3 is 2.60 bits per heavy atom. The molecular formula is C19H29N3O3. The molecule has 2 amide bonds. The molecule has 0 saturated carbocycles. The number of carbonyl (C=O) groups excluding carboxylic acids is 2. The fraction of sp³-hybridized carbons (Fsp3) is 0.579. The van der Waals surface area contributed by atoms with E-state index in [1.807, 2.05) is 31.2 Å². The zero-order valence-corrected chi connectivity index (χ0v) is 15.2. The molecule has 1 heterocycles. The van der Waals surface area contributed by atoms with Gasteiger partial charge in [0.2, 0.25) is 11.8 Å². The van der Waals surface area contributed by atoms with Crippen molar-refractivity contribution in [2.75, 3.05) is 32.1 Å². The molecule has 25 heavy (non-hydrogen) atoms. The van der Waals surface area contributed by atoms with Gasteiger partial charge in [-0.2, -0.15) is 0 Å². The smallest absolute Gasteiger partial charge is 0.250 e. The minimum absolute atomic E-state index is 0.0221. The normalized spacial score (nSPS) is 16.7. The molecular weight excluding hydrogens is 318 g/mol. The molecule has 0 radical (unpaired) electrons. The molecule has 1 aliphatic rings. The van der Waals surface area contributed by atoms with Crippen LogP contribution >= 0.6 is 0 Å². The summed E-state index contributed by atoms with van der Waals surface area (Å²) in [7, 11) is 1.48. The summed E-state index contributed by atoms with van der Waals surface area (Å²) in [5.74, 6) is -0.144. The Kier molecular flexibility index (Phi) is 7.88. The number of carbonyl (C=O) groups is 2. The largest absolute Gasteiger partial charge is 0.375 e. The van der Waals surface area contributed by atoms with Gasteiger partial charge >= 0.3 is 0 Å². The number of hydrogen-bond donors (Lipinski definition) is 2. The van der Waals surface area contributed by atoms with Crippen molar-refractivity contribution in [2.24, 2.45) is 0 Å². The van der Waals surface area contributed by atoms with E-state index >= 15 is 0 Å². The number of hydrogen-bond acceptors (Lipinski definition) is 4. The first kappa shape index (κ1) is 19.4. The summed E-state index contributed by atoms with van der Waals surface area (Å²) in [5.41, 5.74) is 1.65. The number of benzene rings is 1. The van der Waals surface area contributed by atoms with Crippen molar-refractivity contribution in [3.05, 3.63) is 29.8 Å². The van der Waals surface area contributed by atoms with E-state index in [9.17, 15) is 9.59 Å². The summed E-state index contributed by atoms with van der Waals surface area (Å²) in [6.45, 7) is 4.44. The summed E-state index contributed by atoms with van der Waals surface area (Å²) in [4.78, 5) is 26.3. The molecule has 1 aromatic rings. The van der Waals surface area contributed by atoms with Gasteiger partial charge in [-0.25, -0.2) is 0 Å². The van der Waals surface area contributed by atoms with E-state index in [0.717, 1.165) is 18.7 Å². The average Bonchev–Trinajstić information content (AvgIpc) is 2.89. The highest BCUT2D eigenvalue weighted by atomic mass is 16.5. The van der Waals surface area contributed by atoms with Crippen molar-refractivity contribution in [1.29, 1.82) is 0 Å². The number of nitrogens with one attached hydrogen (secondary N) is 2. The summed E-state index contributed by atoms with van der Waals surface area (Å²) in [6, 6.07) is 7.37. The lowest BCUT2D eigenvalue weighted by Gasteiger charge is -2.26. The van der Waals surface area contributed by atoms with Crippen LogP contribution in [0, 0.1) is 0 Å². The first-order valence-corrected chi connectivity index (χ1v) is 8.99. The molecule has 1 aromatic carbocycles. The van der Waals surface area contributed by atoms with Crippen molar-refractivity contribution >= 4 is 17.5 Å². The van der Waals surface area contributed by atoms with E-state index < -0.39 is 0 Å². The van der Waals surface area contributed by atoms with Gasteiger partial charge < -0.3 is 15.4 Å². The van der Waals surface area contributed by atoms with Gasteiger partial charge in [0, 0.05) is 19.3 Å². The van der Waals surface area contributed by atoms with E-state index in [-0.39, 0.29) is 24.5 Å². The highest BCUT2D eigenvalue weighted by Crippen LogP contribution is 2.13. The summed E-state index contributed by atoms with van der Waals surface area (Å²) >= 11 is 0. The third kappa shape index (κ3) is 6.48. The van der Waals surface area contributed by atoms with Crippen molar-refractivity contribution in [1.82, 2.24) is 10.2 Å². The second-order valence-electron chi connectivity index (χ2n) is 6.53. The van der Waals surface area contributed by atoms with Gasteiger partial charge in [-0.3, -0.25) is 14.5 Å². The number of ether oxygens (including phenoxy) is 1. The Morgan fingerprint density at radius 2 is 1.92 bits per heavy atom. The van der Waals surface area contributed by atoms with E-state index in [1.54, 1.807) is 0 Å². The second kappa shape index (κ2) is 10.2. The van der Waals surface area contributed by atoms with Crippen molar-refractivity contribution in [2.45, 2.75) is 45.2 Å². The predicted octanol–water partition coefficient (Wildman–Crippen LogP) is 2.15. The molecule has 1 fully saturated rings. The molecule has 0 unspecified atom stereocenters. The lowest BCUT2D eigenvalue weighted by molar-refractivity contribution is -0.126. The van der Waals surface area contributed by atoms with Crippen LogP contribution in [0.2, 0.25) is 0 Å². The van der Waals surface area contributed by atoms with Gasteiger partial charge in [-0.15, -0.1) is 0 Å². The molecule has 0 aromatic heterocycles. The highest BCUT2D eigenvalue weighted by molar-refractivity contribution is 5.91. The fourth-order valence-electron chi connectivity index (χ4n) is 3.07. The standard InChI is InChI=1S/C19H29N3O3/c1-15(22-10-5-3-4-6-11-22)19(24)20-13-16-8-7-9-17(12-16)21-18(23)14-25-2/h7-9,12,15H,3-6,10-11,13-14H2,1-2H3,(H,20,24)(H,21,23)/t15-/m0/s1. The zero-order valence-electron chi connectivity index (χ0n) is 15.2. The monoisotopic (exact) mass is 347 g/mol. The molecule has 2 N–H and O–H groups in total. The van der Waals surface area contributed by atoms with Crippen molar-refractivity contribution in [3.8, 4) is 0 Å². The molecule has 138 valence electrons. The molecule has 0 aliphatic carbocycles. The Hall–Kier alpha value is -1.92. The molecule has 0 spiro atoms. The van der Waals surface area contributed by atoms with Crippen LogP contribution in [-0.4, -0.2) is 49.6 Å². The van der Waals surface area contributed by atoms with Crippen LogP contribution in [0.5, 0.6) is 0 Å². The van der Waals surface area contributed by atoms with Gasteiger partial charge in [-0.1, -0.05) is 25.0 Å². The topological polar surface area (TPSA) is 70.7 Å². The van der Waals surface area contributed by atoms with Crippen LogP contribution in [0.4, 0.5) is 5.69 Å². The first-order valence-electron chi connectivity index (χ1n) is 8.99. The van der Waals surface area contributed by atoms with E-state index in [2.05, 4.69) is 15.5 Å². The van der Waals surface area contributed by atoms with E-state index in [0.29, 0.717) is 12.2 Å². The highest BCUT2D eigenvalue weighted by Gasteiger charge is 2.21. The number of nitrogens with zero attached hydrogens (tertiary/aromatic N) is 1. The SMILES string of the molecule is COCC(=O)Nc1cccc(CNC(=O)[C@H](C)N2CCCCCC2)c1. The minimum Gasteiger partial charge on any atom is -0.375 e. The van der Waals surface area contributed by atoms with Crippen LogP contribution in [0.25, 0.3) is 0 Å². The third-order valence-corrected chi connectivity index (χ3v) is 4.52. The zero-order chi connectivity index (χ0) is 18.1. The molecule has 1 saturated heterocycles. The third-order valence-electron chi connectivity index (χ3n) is 4.52. The molecule has 6 nitrogen and oxygen atoms in total. The van der Waals surface area contributed by atoms with Gasteiger partial charge in [0.1, 0.15) is 6.61 Å². The van der Waals surface area contributed by atoms with Crippen LogP contribution < -0.4 is 10.6 Å². The number of amides is 2. The number of methoxy groups -OCH3 is 1. The van der Waals surface area contributed by atoms with E-state index in [4.69, 9.17) is 4.74 Å². The molecule has 1 atom stereocenters. The maximum Gasteiger partial charge on any atom is 0.250 e. The van der Waals surface area contributed by atoms with Crippen molar-refractivity contribution < 1.29 is 14.3 Å². The molecule has 2 rings (SSSR count). The predicted molar refractivity (Wildman–Crippen MR) is 98.3 cm³/mol. The summed E-state index contributed by atoms with van der Waals surface area (Å²) in [5, 5.41) is 5.77. The van der Waals surface area contributed by atoms with Gasteiger partial charge in [0.05, 0.1) is 6.04 Å². The maximum atomic E-state index is 12.4. The first-order chi connectivity index (χ1) is 12.1. The van der Waals surface area contributed by atoms with Crippen LogP contribution in [-0.2, 0) is 20.9 Å². The quantitative estimate of drug-likeness (QED) is 0.793. The summed E-state index contributed by atoms with van der Waals surface area (Å²) < 4.78 is 4.80. The lowest BCUT2D eigenvalue weighted by Crippen LogP contribution is -2.45. The Balaban J connectivity index is 1.85. The van der Waals surface area contributed by atoms with Crippen LogP contribution in [0.15, 0.2) is 24.3 Å². The van der Waals surface area contributed by atoms with Crippen molar-refractivity contribution in [3.63, 3.8) is 0 Å². The van der Waals surface area contributed by atoms with Crippen LogP contribution in [0.1, 0.15) is 38.2 Å². The number of likely N-dealkylation sites (tertiary alicyclic amines) is 1. The second-order valence-corrected chi connectivity index (χ2v) is 6.53. The Morgan fingerprint density at radius 1 is 1.20 bits per heavy atom. The molecule has 0 bridgehead atoms. The molecule has 1 aliphatic heterocycles. The Bertz CT molecular complexity index is 569. The summed E-state index contributed by atoms with van der Waals surface area (Å²) in [6.07, 6.45) is 4.85. The average molecular weight is 347 g/mol. The van der Waals surface area contributed by atoms with Gasteiger partial charge in [0.25, 0.3) is 0 Å². The fourth-order valence-corrected chi connectivity index (χ4v) is 3.07. The van der Waals surface area contributed by atoms with Crippen LogP contribution in [0.3, 0.4) is 0 Å². The van der Waals surface area contributed by atoms with E-state index in [1.165, 1.54) is 32.8 Å². The maximum absolute atomic E-state index is 12.4. The number of anilines is 1. The minimum atomic E-state index is -0.196. The Labute approximate surface area is 149 Å². The molecule has 6 heteroatoms. The number of rotatable bonds is 7. The van der Waals surface area contributed by atoms with Gasteiger partial charge in [0.15, 0.2) is 0 Å². The lowest BCUT2D eigenvalue weighted by atomic mass is 10.2. The van der Waals surface area contributed by atoms with Gasteiger partial charge in [-0.05, 0) is 50.6 Å².